The first kappa shape index (κ1) is 21.8. The summed E-state index contributed by atoms with van der Waals surface area (Å²) in [6, 6.07) is 19.9. The van der Waals surface area contributed by atoms with E-state index < -0.39 is 0 Å². The smallest absolute Gasteiger partial charge is 0.246 e. The third-order valence-electron chi connectivity index (χ3n) is 4.77. The van der Waals surface area contributed by atoms with Gasteiger partial charge in [-0.15, -0.1) is 0 Å². The average molecular weight is 424 g/mol. The van der Waals surface area contributed by atoms with E-state index in [9.17, 15) is 4.79 Å². The molecule has 0 N–H and O–H groups in total. The molecule has 0 atom stereocenters. The highest BCUT2D eigenvalue weighted by molar-refractivity contribution is 6.31. The Morgan fingerprint density at radius 1 is 1.10 bits per heavy atom. The van der Waals surface area contributed by atoms with Gasteiger partial charge in [0.25, 0.3) is 0 Å². The Morgan fingerprint density at radius 2 is 1.73 bits per heavy atom. The fourth-order valence-corrected chi connectivity index (χ4v) is 3.45. The number of aryl methyl sites for hydroxylation is 1. The van der Waals surface area contributed by atoms with Gasteiger partial charge in [-0.3, -0.25) is 4.79 Å². The normalized spacial score (nSPS) is 11.2. The molecule has 1 heterocycles. The second-order valence-electron chi connectivity index (χ2n) is 7.00. The van der Waals surface area contributed by atoms with E-state index >= 15 is 0 Å². The van der Waals surface area contributed by atoms with Crippen LogP contribution in [0.5, 0.6) is 0 Å². The number of carbonyl (C=O) groups excluding carboxylic acids is 1. The number of nitrogens with zero attached hydrogens (tertiary/aromatic N) is 3. The molecular weight excluding hydrogens is 398 g/mol. The van der Waals surface area contributed by atoms with Crippen LogP contribution in [0.3, 0.4) is 0 Å². The van der Waals surface area contributed by atoms with E-state index in [1.54, 1.807) is 28.8 Å². The lowest BCUT2D eigenvalue weighted by molar-refractivity contribution is -0.127. The van der Waals surface area contributed by atoms with Gasteiger partial charge in [-0.1, -0.05) is 72.3 Å². The van der Waals surface area contributed by atoms with Crippen molar-refractivity contribution < 1.29 is 9.53 Å². The molecule has 0 fully saturated rings. The Kier molecular flexibility index (Phi) is 7.82. The second kappa shape index (κ2) is 10.8. The Labute approximate surface area is 182 Å². The molecule has 30 heavy (non-hydrogen) atoms. The highest BCUT2D eigenvalue weighted by atomic mass is 35.5. The Balaban J connectivity index is 1.74. The van der Waals surface area contributed by atoms with Crippen LogP contribution in [0, 0.1) is 6.92 Å². The molecule has 0 bridgehead atoms. The minimum absolute atomic E-state index is 0.0952. The topological polar surface area (TPSA) is 47.4 Å². The molecule has 0 radical (unpaired) electrons. The van der Waals surface area contributed by atoms with Crippen LogP contribution >= 0.6 is 11.6 Å². The predicted molar refractivity (Wildman–Crippen MR) is 120 cm³/mol. The molecule has 156 valence electrons. The lowest BCUT2D eigenvalue weighted by atomic mass is 10.2. The zero-order chi connectivity index (χ0) is 21.3. The van der Waals surface area contributed by atoms with Crippen molar-refractivity contribution in [3.05, 3.63) is 94.3 Å². The molecule has 0 aliphatic carbocycles. The van der Waals surface area contributed by atoms with E-state index in [0.717, 1.165) is 22.4 Å². The Morgan fingerprint density at radius 3 is 2.37 bits per heavy atom. The maximum atomic E-state index is 12.9. The van der Waals surface area contributed by atoms with Crippen LogP contribution in [-0.2, 0) is 22.6 Å². The first-order chi connectivity index (χ1) is 14.6. The molecule has 2 aromatic carbocycles. The maximum absolute atomic E-state index is 12.9. The van der Waals surface area contributed by atoms with Crippen LogP contribution in [0.2, 0.25) is 5.15 Å². The van der Waals surface area contributed by atoms with Gasteiger partial charge < -0.3 is 9.64 Å². The van der Waals surface area contributed by atoms with Crippen LogP contribution < -0.4 is 0 Å². The molecule has 1 aromatic heterocycles. The van der Waals surface area contributed by atoms with E-state index in [4.69, 9.17) is 16.3 Å². The number of aromatic nitrogens is 2. The highest BCUT2D eigenvalue weighted by Crippen LogP contribution is 2.22. The molecule has 3 rings (SSSR count). The summed E-state index contributed by atoms with van der Waals surface area (Å²) in [7, 11) is 1.63. The maximum Gasteiger partial charge on any atom is 0.246 e. The second-order valence-corrected chi connectivity index (χ2v) is 7.36. The molecule has 0 aliphatic heterocycles. The first-order valence-corrected chi connectivity index (χ1v) is 10.2. The van der Waals surface area contributed by atoms with Gasteiger partial charge in [0.05, 0.1) is 18.8 Å². The molecule has 0 spiro atoms. The van der Waals surface area contributed by atoms with Crippen molar-refractivity contribution in [2.75, 3.05) is 20.3 Å². The molecule has 0 saturated heterocycles. The van der Waals surface area contributed by atoms with E-state index in [2.05, 4.69) is 5.10 Å². The third-order valence-corrected chi connectivity index (χ3v) is 5.17. The number of hydrogen-bond acceptors (Lipinski definition) is 3. The summed E-state index contributed by atoms with van der Waals surface area (Å²) in [5.41, 5.74) is 3.72. The van der Waals surface area contributed by atoms with Crippen LogP contribution in [0.25, 0.3) is 6.08 Å². The summed E-state index contributed by atoms with van der Waals surface area (Å²) in [5.74, 6) is -0.0952. The van der Waals surface area contributed by atoms with Gasteiger partial charge in [0.15, 0.2) is 0 Å². The van der Waals surface area contributed by atoms with Crippen molar-refractivity contribution in [1.29, 1.82) is 0 Å². The number of halogens is 1. The molecule has 0 aliphatic rings. The fraction of sp³-hybridized carbons (Fsp3) is 0.250. The Bertz CT molecular complexity index is 984. The fourth-order valence-electron chi connectivity index (χ4n) is 3.15. The van der Waals surface area contributed by atoms with Crippen molar-refractivity contribution in [3.63, 3.8) is 0 Å². The number of methoxy groups -OCH3 is 1. The number of hydrogen-bond donors (Lipinski definition) is 0. The number of amides is 1. The van der Waals surface area contributed by atoms with Gasteiger partial charge in [0.1, 0.15) is 5.15 Å². The van der Waals surface area contributed by atoms with Crippen molar-refractivity contribution in [1.82, 2.24) is 14.7 Å². The summed E-state index contributed by atoms with van der Waals surface area (Å²) in [4.78, 5) is 14.6. The van der Waals surface area contributed by atoms with Crippen LogP contribution in [0.15, 0.2) is 66.7 Å². The van der Waals surface area contributed by atoms with Gasteiger partial charge in [-0.25, -0.2) is 4.68 Å². The van der Waals surface area contributed by atoms with E-state index in [-0.39, 0.29) is 5.91 Å². The zero-order valence-corrected chi connectivity index (χ0v) is 18.0. The molecule has 5 nitrogen and oxygen atoms in total. The quantitative estimate of drug-likeness (QED) is 0.473. The number of benzene rings is 2. The lowest BCUT2D eigenvalue weighted by Crippen LogP contribution is -2.32. The summed E-state index contributed by atoms with van der Waals surface area (Å²) < 4.78 is 6.92. The SMILES string of the molecule is COCCN(Cc1ccccc1)C(=O)/C=C/c1c(C)nn(Cc2ccccc2)c1Cl. The van der Waals surface area contributed by atoms with Gasteiger partial charge in [0, 0.05) is 31.8 Å². The Hall–Kier alpha value is -2.89. The van der Waals surface area contributed by atoms with Crippen molar-refractivity contribution in [3.8, 4) is 0 Å². The highest BCUT2D eigenvalue weighted by Gasteiger charge is 2.14. The largest absolute Gasteiger partial charge is 0.383 e. The average Bonchev–Trinajstić information content (AvgIpc) is 3.03. The van der Waals surface area contributed by atoms with Crippen molar-refractivity contribution in [2.24, 2.45) is 0 Å². The standard InChI is InChI=1S/C24H26ClN3O2/c1-19-22(24(25)28(26-19)18-21-11-7-4-8-12-21)13-14-23(29)27(15-16-30-2)17-20-9-5-3-6-10-20/h3-14H,15-18H2,1-2H3/b14-13+. The van der Waals surface area contributed by atoms with Gasteiger partial charge in [0.2, 0.25) is 5.91 Å². The third kappa shape index (κ3) is 5.81. The zero-order valence-electron chi connectivity index (χ0n) is 17.3. The van der Waals surface area contributed by atoms with Gasteiger partial charge in [-0.2, -0.15) is 5.10 Å². The van der Waals surface area contributed by atoms with Crippen LogP contribution in [-0.4, -0.2) is 40.8 Å². The molecule has 1 amide bonds. The summed E-state index contributed by atoms with van der Waals surface area (Å²) in [6.45, 7) is 3.98. The van der Waals surface area contributed by atoms with Gasteiger partial charge in [-0.05, 0) is 24.1 Å². The van der Waals surface area contributed by atoms with E-state index in [1.165, 1.54) is 0 Å². The lowest BCUT2D eigenvalue weighted by Gasteiger charge is -2.21. The molecule has 0 unspecified atom stereocenters. The molecular formula is C24H26ClN3O2. The van der Waals surface area contributed by atoms with Crippen molar-refractivity contribution >= 4 is 23.6 Å². The minimum Gasteiger partial charge on any atom is -0.383 e. The van der Waals surface area contributed by atoms with Crippen molar-refractivity contribution in [2.45, 2.75) is 20.0 Å². The number of carbonyl (C=O) groups is 1. The first-order valence-electron chi connectivity index (χ1n) is 9.85. The van der Waals surface area contributed by atoms with E-state index in [0.29, 0.717) is 31.4 Å². The minimum atomic E-state index is -0.0952. The van der Waals surface area contributed by atoms with Crippen LogP contribution in [0.1, 0.15) is 22.4 Å². The monoisotopic (exact) mass is 423 g/mol. The van der Waals surface area contributed by atoms with E-state index in [1.807, 2.05) is 67.6 Å². The van der Waals surface area contributed by atoms with Crippen LogP contribution in [0.4, 0.5) is 0 Å². The number of ether oxygens (including phenoxy) is 1. The molecule has 3 aromatic rings. The van der Waals surface area contributed by atoms with Gasteiger partial charge >= 0.3 is 0 Å². The summed E-state index contributed by atoms with van der Waals surface area (Å²) >= 11 is 6.56. The summed E-state index contributed by atoms with van der Waals surface area (Å²) in [6.07, 6.45) is 3.31. The summed E-state index contributed by atoms with van der Waals surface area (Å²) in [5, 5.41) is 5.05. The predicted octanol–water partition coefficient (Wildman–Crippen LogP) is 4.58. The molecule has 0 saturated carbocycles. The molecule has 6 heteroatoms. The number of rotatable bonds is 9.